The highest BCUT2D eigenvalue weighted by Crippen LogP contribution is 2.42. The van der Waals surface area contributed by atoms with E-state index in [1.165, 1.54) is 39.8 Å². The first-order valence-electron chi connectivity index (χ1n) is 17.3. The van der Waals surface area contributed by atoms with Crippen molar-refractivity contribution in [2.75, 3.05) is 0 Å². The normalized spacial score (nSPS) is 23.3. The number of allylic oxidation sites excluding steroid dienone is 19. The van der Waals surface area contributed by atoms with Gasteiger partial charge < -0.3 is 0 Å². The maximum absolute atomic E-state index is 3.90. The van der Waals surface area contributed by atoms with Gasteiger partial charge in [-0.1, -0.05) is 148 Å². The largest absolute Gasteiger partial charge is 0.103 e. The van der Waals surface area contributed by atoms with Crippen LogP contribution in [0.25, 0.3) is 0 Å². The predicted molar refractivity (Wildman–Crippen MR) is 193 cm³/mol. The van der Waals surface area contributed by atoms with Gasteiger partial charge >= 0.3 is 0 Å². The van der Waals surface area contributed by atoms with Crippen LogP contribution in [0.5, 0.6) is 0 Å². The van der Waals surface area contributed by atoms with Crippen molar-refractivity contribution in [3.05, 3.63) is 155 Å². The number of hydrogen-bond acceptors (Lipinski definition) is 0. The zero-order chi connectivity index (χ0) is 30.9. The molecule has 0 fully saturated rings. The molecule has 1 aromatic carbocycles. The molecule has 0 N–H and O–H groups in total. The molecule has 0 aliphatic heterocycles. The van der Waals surface area contributed by atoms with Gasteiger partial charge in [0.25, 0.3) is 0 Å². The Labute approximate surface area is 268 Å². The monoisotopic (exact) mass is 582 g/mol. The Hall–Kier alpha value is -3.38. The van der Waals surface area contributed by atoms with E-state index in [4.69, 9.17) is 0 Å². The molecule has 0 nitrogen and oxygen atoms in total. The van der Waals surface area contributed by atoms with Crippen molar-refractivity contribution in [3.8, 4) is 0 Å². The molecule has 0 heteroatoms. The van der Waals surface area contributed by atoms with Gasteiger partial charge in [-0.2, -0.15) is 0 Å². The molecule has 4 atom stereocenters. The molecule has 0 amide bonds. The smallest absolute Gasteiger partial charge is 0.0231 e. The Morgan fingerprint density at radius 2 is 1.45 bits per heavy atom. The Bertz CT molecular complexity index is 1420. The fraction of sp³-hybridized carbons (Fsp3) is 0.409. The maximum atomic E-state index is 3.90. The summed E-state index contributed by atoms with van der Waals surface area (Å²) in [7, 11) is 0. The minimum atomic E-state index is 0.344. The number of rotatable bonds is 12. The minimum absolute atomic E-state index is 0.344. The van der Waals surface area contributed by atoms with Gasteiger partial charge in [-0.05, 0) is 103 Å². The Morgan fingerprint density at radius 3 is 2.00 bits per heavy atom. The van der Waals surface area contributed by atoms with E-state index in [9.17, 15) is 0 Å². The van der Waals surface area contributed by atoms with Crippen LogP contribution >= 0.6 is 0 Å². The molecule has 0 spiro atoms. The van der Waals surface area contributed by atoms with Crippen LogP contribution in [0.2, 0.25) is 0 Å². The van der Waals surface area contributed by atoms with Crippen LogP contribution in [0.3, 0.4) is 0 Å². The summed E-state index contributed by atoms with van der Waals surface area (Å²) in [6.45, 7) is 13.1. The van der Waals surface area contributed by atoms with Crippen molar-refractivity contribution in [1.29, 1.82) is 0 Å². The lowest BCUT2D eigenvalue weighted by Gasteiger charge is -2.33. The van der Waals surface area contributed by atoms with Crippen LogP contribution in [0.15, 0.2) is 144 Å². The van der Waals surface area contributed by atoms with E-state index in [1.807, 2.05) is 6.08 Å². The molecule has 0 saturated carbocycles. The van der Waals surface area contributed by atoms with Crippen molar-refractivity contribution in [1.82, 2.24) is 0 Å². The lowest BCUT2D eigenvalue weighted by Crippen LogP contribution is -2.21. The Morgan fingerprint density at radius 1 is 0.750 bits per heavy atom. The van der Waals surface area contributed by atoms with E-state index in [-0.39, 0.29) is 0 Å². The van der Waals surface area contributed by atoms with Gasteiger partial charge in [0, 0.05) is 11.8 Å². The van der Waals surface area contributed by atoms with Gasteiger partial charge in [0.1, 0.15) is 0 Å². The van der Waals surface area contributed by atoms with Gasteiger partial charge in [0.05, 0.1) is 0 Å². The van der Waals surface area contributed by atoms with E-state index in [2.05, 4.69) is 138 Å². The van der Waals surface area contributed by atoms with Crippen LogP contribution in [-0.2, 0) is 0 Å². The first kappa shape index (κ1) is 32.0. The van der Waals surface area contributed by atoms with Crippen molar-refractivity contribution in [2.45, 2.75) is 90.9 Å². The number of hydrogen-bond donors (Lipinski definition) is 0. The van der Waals surface area contributed by atoms with E-state index in [0.29, 0.717) is 35.5 Å². The van der Waals surface area contributed by atoms with Crippen molar-refractivity contribution in [3.63, 3.8) is 0 Å². The van der Waals surface area contributed by atoms with E-state index in [1.54, 1.807) is 5.57 Å². The van der Waals surface area contributed by atoms with E-state index in [0.717, 1.165) is 44.9 Å². The second kappa shape index (κ2) is 15.6. The van der Waals surface area contributed by atoms with Gasteiger partial charge in [-0.3, -0.25) is 0 Å². The fourth-order valence-corrected chi connectivity index (χ4v) is 7.31. The van der Waals surface area contributed by atoms with Gasteiger partial charge in [-0.15, -0.1) is 6.58 Å². The second-order valence-electron chi connectivity index (χ2n) is 13.9. The summed E-state index contributed by atoms with van der Waals surface area (Å²) < 4.78 is 0. The summed E-state index contributed by atoms with van der Waals surface area (Å²) in [4.78, 5) is 0. The summed E-state index contributed by atoms with van der Waals surface area (Å²) in [6.07, 6.45) is 42.3. The third kappa shape index (κ3) is 8.01. The Kier molecular flexibility index (Phi) is 11.3. The van der Waals surface area contributed by atoms with E-state index >= 15 is 0 Å². The quantitative estimate of drug-likeness (QED) is 0.170. The lowest BCUT2D eigenvalue weighted by molar-refractivity contribution is 0.453. The molecule has 0 aromatic heterocycles. The van der Waals surface area contributed by atoms with Crippen LogP contribution in [-0.4, -0.2) is 0 Å². The molecule has 4 aliphatic rings. The molecular weight excluding hydrogens is 528 g/mol. The topological polar surface area (TPSA) is 0 Å². The summed E-state index contributed by atoms with van der Waals surface area (Å²) in [6, 6.07) is 9.34. The SMILES string of the molecule is C=CCCC=CC(C1=CC=C(C2=CC=C(C(C3=CCC(C(C)C)C=C3)C3C=CC=CC3)CC2)CC1)c1ccc(C(C)C)cc1. The van der Waals surface area contributed by atoms with E-state index < -0.39 is 0 Å². The van der Waals surface area contributed by atoms with Gasteiger partial charge in [0.15, 0.2) is 0 Å². The number of unbranched alkanes of at least 4 members (excludes halogenated alkanes) is 1. The zero-order valence-electron chi connectivity index (χ0n) is 27.7. The molecule has 4 aliphatic carbocycles. The Balaban J connectivity index is 1.35. The standard InChI is InChI=1S/C44H54/c1-6-7-8-12-15-43(38-24-16-34(17-25-38)32(2)3)39-26-20-36(21-27-39)37-22-30-42(31-23-37)44(40-13-10-9-11-14-40)41-28-18-35(19-29-41)33(4)5/h6,9-13,15-18,20,22,24-26,28-30,32-33,35,40,43-44H,1,7-8,14,19,21,23,27,31H2,2-5H3. The molecule has 0 radical (unpaired) electrons. The first-order chi connectivity index (χ1) is 21.4. The molecule has 0 saturated heterocycles. The highest BCUT2D eigenvalue weighted by Gasteiger charge is 2.29. The maximum Gasteiger partial charge on any atom is 0.0231 e. The lowest BCUT2D eigenvalue weighted by atomic mass is 9.71. The molecule has 44 heavy (non-hydrogen) atoms. The highest BCUT2D eigenvalue weighted by atomic mass is 14.3. The third-order valence-corrected chi connectivity index (χ3v) is 10.2. The molecule has 4 unspecified atom stereocenters. The summed E-state index contributed by atoms with van der Waals surface area (Å²) in [5.74, 6) is 3.32. The van der Waals surface area contributed by atoms with Gasteiger partial charge in [0.2, 0.25) is 0 Å². The van der Waals surface area contributed by atoms with Crippen molar-refractivity contribution >= 4 is 0 Å². The molecule has 5 rings (SSSR count). The average Bonchev–Trinajstić information content (AvgIpc) is 3.06. The number of benzene rings is 1. The zero-order valence-corrected chi connectivity index (χ0v) is 27.7. The van der Waals surface area contributed by atoms with Crippen LogP contribution in [0, 0.1) is 23.7 Å². The van der Waals surface area contributed by atoms with Crippen molar-refractivity contribution < 1.29 is 0 Å². The van der Waals surface area contributed by atoms with Crippen LogP contribution < -0.4 is 0 Å². The van der Waals surface area contributed by atoms with Gasteiger partial charge in [-0.25, -0.2) is 0 Å². The summed E-state index contributed by atoms with van der Waals surface area (Å²) in [5, 5.41) is 0. The van der Waals surface area contributed by atoms with Crippen LogP contribution in [0.4, 0.5) is 0 Å². The highest BCUT2D eigenvalue weighted by molar-refractivity contribution is 5.47. The first-order valence-corrected chi connectivity index (χ1v) is 17.3. The van der Waals surface area contributed by atoms with Crippen LogP contribution in [0.1, 0.15) is 102 Å². The third-order valence-electron chi connectivity index (χ3n) is 10.2. The summed E-state index contributed by atoms with van der Waals surface area (Å²) >= 11 is 0. The average molecular weight is 583 g/mol. The second-order valence-corrected chi connectivity index (χ2v) is 13.9. The fourth-order valence-electron chi connectivity index (χ4n) is 7.31. The molecule has 230 valence electrons. The molecular formula is C44H54. The molecule has 0 bridgehead atoms. The molecule has 0 heterocycles. The van der Waals surface area contributed by atoms with Crippen molar-refractivity contribution in [2.24, 2.45) is 23.7 Å². The predicted octanol–water partition coefficient (Wildman–Crippen LogP) is 12.6. The minimum Gasteiger partial charge on any atom is -0.103 e. The summed E-state index contributed by atoms with van der Waals surface area (Å²) in [5.41, 5.74) is 10.6. The molecule has 1 aromatic rings.